The zero-order chi connectivity index (χ0) is 15.5. The Morgan fingerprint density at radius 1 is 0.762 bits per heavy atom. The molecule has 4 heteroatoms. The van der Waals surface area contributed by atoms with Gasteiger partial charge in [-0.2, -0.15) is 0 Å². The molecule has 0 fully saturated rings. The van der Waals surface area contributed by atoms with Crippen molar-refractivity contribution in [1.29, 1.82) is 0 Å². The van der Waals surface area contributed by atoms with Crippen LogP contribution in [0.2, 0.25) is 0 Å². The van der Waals surface area contributed by atoms with Crippen molar-refractivity contribution in [2.24, 2.45) is 0 Å². The molecule has 0 spiro atoms. The monoisotopic (exact) mass is 304 g/mol. The molecule has 0 saturated heterocycles. The van der Waals surface area contributed by atoms with E-state index in [-0.39, 0.29) is 5.66 Å². The smallest absolute Gasteiger partial charge is 0.416 e. The molecule has 0 N–H and O–H groups in total. The van der Waals surface area contributed by atoms with Gasteiger partial charge >= 0.3 is 7.60 Å². The Morgan fingerprint density at radius 2 is 1.10 bits per heavy atom. The number of benzene rings is 2. The Balaban J connectivity index is 2.21. The average molecular weight is 304 g/mol. The lowest BCUT2D eigenvalue weighted by Crippen LogP contribution is -2.10. The highest BCUT2D eigenvalue weighted by molar-refractivity contribution is 7.55. The minimum atomic E-state index is -3.27. The zero-order valence-corrected chi connectivity index (χ0v) is 13.8. The van der Waals surface area contributed by atoms with Gasteiger partial charge in [0.1, 0.15) is 11.5 Å². The first kappa shape index (κ1) is 15.7. The quantitative estimate of drug-likeness (QED) is 0.697. The Hall–Kier alpha value is -1.73. The van der Waals surface area contributed by atoms with Crippen molar-refractivity contribution in [1.82, 2.24) is 0 Å². The van der Waals surface area contributed by atoms with Gasteiger partial charge in [0.15, 0.2) is 0 Å². The first-order valence-corrected chi connectivity index (χ1v) is 8.62. The molecule has 0 radical (unpaired) electrons. The van der Waals surface area contributed by atoms with E-state index in [2.05, 4.69) is 0 Å². The fourth-order valence-corrected chi connectivity index (χ4v) is 3.01. The van der Waals surface area contributed by atoms with Crippen molar-refractivity contribution in [2.75, 3.05) is 0 Å². The van der Waals surface area contributed by atoms with E-state index in [0.29, 0.717) is 11.5 Å². The lowest BCUT2D eigenvalue weighted by molar-refractivity contribution is 0.376. The number of aryl methyl sites for hydroxylation is 2. The van der Waals surface area contributed by atoms with Gasteiger partial charge in [0.2, 0.25) is 0 Å². The van der Waals surface area contributed by atoms with Gasteiger partial charge in [0, 0.05) is 0 Å². The van der Waals surface area contributed by atoms with E-state index in [1.165, 1.54) is 0 Å². The molecule has 2 rings (SSSR count). The van der Waals surface area contributed by atoms with Gasteiger partial charge < -0.3 is 9.05 Å². The topological polar surface area (TPSA) is 35.5 Å². The summed E-state index contributed by atoms with van der Waals surface area (Å²) in [5.74, 6) is 1.12. The maximum Gasteiger partial charge on any atom is 0.433 e. The Labute approximate surface area is 126 Å². The highest BCUT2D eigenvalue weighted by Gasteiger charge is 2.32. The summed E-state index contributed by atoms with van der Waals surface area (Å²) in [7, 11) is -3.27. The van der Waals surface area contributed by atoms with Crippen molar-refractivity contribution in [3.63, 3.8) is 0 Å². The van der Waals surface area contributed by atoms with Crippen LogP contribution in [0.4, 0.5) is 0 Å². The maximum atomic E-state index is 13.0. The molecule has 0 aliphatic carbocycles. The van der Waals surface area contributed by atoms with Crippen molar-refractivity contribution >= 4 is 7.60 Å². The van der Waals surface area contributed by atoms with E-state index in [1.807, 2.05) is 76.2 Å². The van der Waals surface area contributed by atoms with Crippen LogP contribution in [-0.4, -0.2) is 5.66 Å². The minimum Gasteiger partial charge on any atom is -0.416 e. The molecule has 0 aromatic heterocycles. The van der Waals surface area contributed by atoms with Crippen LogP contribution in [0.3, 0.4) is 0 Å². The Bertz CT molecular complexity index is 579. The molecular formula is C17H21O3P. The Kier molecular flexibility index (Phi) is 4.74. The summed E-state index contributed by atoms with van der Waals surface area (Å²) in [6, 6.07) is 14.9. The van der Waals surface area contributed by atoms with Crippen LogP contribution in [0.15, 0.2) is 48.5 Å². The molecule has 0 unspecified atom stereocenters. The third kappa shape index (κ3) is 4.12. The number of rotatable bonds is 5. The predicted octanol–water partition coefficient (Wildman–Crippen LogP) is 5.36. The molecule has 0 heterocycles. The van der Waals surface area contributed by atoms with Crippen molar-refractivity contribution < 1.29 is 13.6 Å². The zero-order valence-electron chi connectivity index (χ0n) is 12.9. The van der Waals surface area contributed by atoms with E-state index in [4.69, 9.17) is 9.05 Å². The number of hydrogen-bond acceptors (Lipinski definition) is 3. The molecule has 0 aliphatic heterocycles. The predicted molar refractivity (Wildman–Crippen MR) is 86.4 cm³/mol. The SMILES string of the molecule is Cc1ccc(OP(=O)(Oc2ccc(C)cc2)C(C)C)cc1. The molecule has 0 bridgehead atoms. The summed E-state index contributed by atoms with van der Waals surface area (Å²) in [5.41, 5.74) is 2.02. The number of hydrogen-bond donors (Lipinski definition) is 0. The maximum absolute atomic E-state index is 13.0. The molecule has 0 amide bonds. The van der Waals surface area contributed by atoms with Crippen LogP contribution in [0.5, 0.6) is 11.5 Å². The van der Waals surface area contributed by atoms with Gasteiger partial charge in [-0.3, -0.25) is 0 Å². The van der Waals surface area contributed by atoms with Crippen molar-refractivity contribution in [2.45, 2.75) is 33.4 Å². The second-order valence-electron chi connectivity index (χ2n) is 5.44. The first-order chi connectivity index (χ1) is 9.89. The van der Waals surface area contributed by atoms with Crippen LogP contribution in [-0.2, 0) is 4.57 Å². The average Bonchev–Trinajstić information content (AvgIpc) is 2.44. The fourth-order valence-electron chi connectivity index (χ4n) is 1.72. The molecule has 0 atom stereocenters. The summed E-state index contributed by atoms with van der Waals surface area (Å²) in [4.78, 5) is 0. The minimum absolute atomic E-state index is 0.236. The molecule has 0 aliphatic rings. The van der Waals surface area contributed by atoms with Crippen LogP contribution in [0.25, 0.3) is 0 Å². The Morgan fingerprint density at radius 3 is 1.38 bits per heavy atom. The van der Waals surface area contributed by atoms with Gasteiger partial charge in [-0.1, -0.05) is 35.4 Å². The lowest BCUT2D eigenvalue weighted by Gasteiger charge is -2.23. The fraction of sp³-hybridized carbons (Fsp3) is 0.294. The third-order valence-corrected chi connectivity index (χ3v) is 5.34. The normalized spacial score (nSPS) is 11.5. The van der Waals surface area contributed by atoms with E-state index in [0.717, 1.165) is 11.1 Å². The van der Waals surface area contributed by atoms with Crippen LogP contribution < -0.4 is 9.05 Å². The molecule has 3 nitrogen and oxygen atoms in total. The lowest BCUT2D eigenvalue weighted by atomic mass is 10.2. The van der Waals surface area contributed by atoms with Gasteiger partial charge in [0.25, 0.3) is 0 Å². The van der Waals surface area contributed by atoms with E-state index < -0.39 is 7.60 Å². The van der Waals surface area contributed by atoms with E-state index in [9.17, 15) is 4.57 Å². The largest absolute Gasteiger partial charge is 0.433 e. The summed E-state index contributed by atoms with van der Waals surface area (Å²) in [5, 5.41) is 0. The van der Waals surface area contributed by atoms with Crippen LogP contribution in [0.1, 0.15) is 25.0 Å². The van der Waals surface area contributed by atoms with Crippen LogP contribution in [0, 0.1) is 13.8 Å². The second-order valence-corrected chi connectivity index (χ2v) is 7.92. The first-order valence-electron chi connectivity index (χ1n) is 7.01. The highest BCUT2D eigenvalue weighted by atomic mass is 31.2. The molecule has 2 aromatic carbocycles. The van der Waals surface area contributed by atoms with Gasteiger partial charge in [-0.15, -0.1) is 0 Å². The summed E-state index contributed by atoms with van der Waals surface area (Å²) >= 11 is 0. The summed E-state index contributed by atoms with van der Waals surface area (Å²) in [6.45, 7) is 7.66. The van der Waals surface area contributed by atoms with E-state index in [1.54, 1.807) is 0 Å². The van der Waals surface area contributed by atoms with Gasteiger partial charge in [0.05, 0.1) is 5.66 Å². The standard InChI is InChI=1S/C17H21O3P/c1-13(2)21(18,19-16-9-5-14(3)6-10-16)20-17-11-7-15(4)8-12-17/h5-13H,1-4H3. The summed E-state index contributed by atoms with van der Waals surface area (Å²) < 4.78 is 24.3. The van der Waals surface area contributed by atoms with Crippen molar-refractivity contribution in [3.05, 3.63) is 59.7 Å². The molecule has 21 heavy (non-hydrogen) atoms. The molecular weight excluding hydrogens is 283 g/mol. The second kappa shape index (κ2) is 6.36. The summed E-state index contributed by atoms with van der Waals surface area (Å²) in [6.07, 6.45) is 0. The van der Waals surface area contributed by atoms with Gasteiger partial charge in [-0.05, 0) is 52.0 Å². The van der Waals surface area contributed by atoms with E-state index >= 15 is 0 Å². The third-order valence-electron chi connectivity index (χ3n) is 3.14. The van der Waals surface area contributed by atoms with Crippen LogP contribution >= 0.6 is 7.60 Å². The molecule has 0 saturated carbocycles. The molecule has 112 valence electrons. The van der Waals surface area contributed by atoms with Crippen molar-refractivity contribution in [3.8, 4) is 11.5 Å². The van der Waals surface area contributed by atoms with Gasteiger partial charge in [-0.25, -0.2) is 4.57 Å². The molecule has 2 aromatic rings. The highest BCUT2D eigenvalue weighted by Crippen LogP contribution is 2.52.